The lowest BCUT2D eigenvalue weighted by Gasteiger charge is -2.23. The molecular formula is C19H17F3N2O4S. The number of rotatable bonds is 5. The zero-order valence-electron chi connectivity index (χ0n) is 15.2. The molecule has 29 heavy (non-hydrogen) atoms. The molecule has 3 amide bonds. The number of urea groups is 1. The molecule has 1 aliphatic heterocycles. The van der Waals surface area contributed by atoms with Gasteiger partial charge < -0.3 is 5.32 Å². The van der Waals surface area contributed by atoms with Crippen LogP contribution in [0, 0.1) is 0 Å². The molecule has 0 unspecified atom stereocenters. The molecule has 3 rings (SSSR count). The first kappa shape index (κ1) is 20.8. The molecule has 6 nitrogen and oxygen atoms in total. The molecule has 1 N–H and O–H groups in total. The third-order valence-corrected chi connectivity index (χ3v) is 6.44. The molecule has 0 radical (unpaired) electrons. The molecule has 0 saturated carbocycles. The Bertz CT molecular complexity index is 1050. The molecule has 154 valence electrons. The monoisotopic (exact) mass is 426 g/mol. The maximum absolute atomic E-state index is 13.0. The van der Waals surface area contributed by atoms with Crippen LogP contribution in [0.4, 0.5) is 18.0 Å². The number of sulfone groups is 1. The summed E-state index contributed by atoms with van der Waals surface area (Å²) >= 11 is 0. The van der Waals surface area contributed by atoms with Gasteiger partial charge in [-0.15, -0.1) is 0 Å². The number of nitrogens with zero attached hydrogens (tertiary/aromatic N) is 1. The summed E-state index contributed by atoms with van der Waals surface area (Å²) in [7, 11) is -3.75. The highest BCUT2D eigenvalue weighted by Gasteiger charge is 2.49. The van der Waals surface area contributed by atoms with Crippen molar-refractivity contribution in [2.24, 2.45) is 0 Å². The largest absolute Gasteiger partial charge is 0.416 e. The SMILES string of the molecule is C[C@@]1(c2cccc(C(F)(F)F)c2)NC(=O)N(CCS(=O)(=O)c2ccccc2)C1=O. The van der Waals surface area contributed by atoms with Crippen molar-refractivity contribution in [2.75, 3.05) is 12.3 Å². The second-order valence-corrected chi connectivity index (χ2v) is 8.83. The summed E-state index contributed by atoms with van der Waals surface area (Å²) in [6.07, 6.45) is -4.61. The van der Waals surface area contributed by atoms with Crippen LogP contribution in [0.3, 0.4) is 0 Å². The van der Waals surface area contributed by atoms with E-state index in [2.05, 4.69) is 5.32 Å². The van der Waals surface area contributed by atoms with Gasteiger partial charge in [0, 0.05) is 6.54 Å². The summed E-state index contributed by atoms with van der Waals surface area (Å²) in [5, 5.41) is 2.38. The molecule has 0 spiro atoms. The molecule has 2 aromatic carbocycles. The summed E-state index contributed by atoms with van der Waals surface area (Å²) in [5.41, 5.74) is -2.73. The Kier molecular flexibility index (Phi) is 5.16. The van der Waals surface area contributed by atoms with Gasteiger partial charge in [0.15, 0.2) is 9.84 Å². The van der Waals surface area contributed by atoms with Crippen LogP contribution in [0.15, 0.2) is 59.5 Å². The highest BCUT2D eigenvalue weighted by Crippen LogP contribution is 2.34. The lowest BCUT2D eigenvalue weighted by atomic mass is 9.90. The van der Waals surface area contributed by atoms with E-state index in [4.69, 9.17) is 0 Å². The number of imide groups is 1. The van der Waals surface area contributed by atoms with E-state index < -0.39 is 51.4 Å². The van der Waals surface area contributed by atoms with E-state index in [0.717, 1.165) is 18.2 Å². The third-order valence-electron chi connectivity index (χ3n) is 4.73. The van der Waals surface area contributed by atoms with Crippen LogP contribution in [-0.2, 0) is 26.3 Å². The minimum absolute atomic E-state index is 0.0425. The highest BCUT2D eigenvalue weighted by molar-refractivity contribution is 7.91. The lowest BCUT2D eigenvalue weighted by Crippen LogP contribution is -2.41. The number of hydrogen-bond acceptors (Lipinski definition) is 4. The molecule has 10 heteroatoms. The molecule has 2 aromatic rings. The van der Waals surface area contributed by atoms with Crippen LogP contribution in [0.1, 0.15) is 18.1 Å². The van der Waals surface area contributed by atoms with E-state index in [1.807, 2.05) is 0 Å². The molecule has 0 aliphatic carbocycles. The zero-order valence-corrected chi connectivity index (χ0v) is 16.0. The first-order valence-electron chi connectivity index (χ1n) is 8.55. The number of carbonyl (C=O) groups excluding carboxylic acids is 2. The van der Waals surface area contributed by atoms with Crippen molar-refractivity contribution in [3.63, 3.8) is 0 Å². The smallest absolute Gasteiger partial charge is 0.319 e. The van der Waals surface area contributed by atoms with Gasteiger partial charge in [0.2, 0.25) is 0 Å². The minimum atomic E-state index is -4.61. The normalized spacial score (nSPS) is 20.1. The van der Waals surface area contributed by atoms with Crippen LogP contribution < -0.4 is 5.32 Å². The second kappa shape index (κ2) is 7.18. The Hall–Kier alpha value is -2.88. The average molecular weight is 426 g/mol. The van der Waals surface area contributed by atoms with E-state index in [-0.39, 0.29) is 10.5 Å². The number of hydrogen-bond donors (Lipinski definition) is 1. The van der Waals surface area contributed by atoms with Crippen molar-refractivity contribution in [1.29, 1.82) is 0 Å². The molecule has 0 aromatic heterocycles. The van der Waals surface area contributed by atoms with Gasteiger partial charge in [-0.05, 0) is 36.8 Å². The van der Waals surface area contributed by atoms with Crippen LogP contribution in [0.25, 0.3) is 0 Å². The maximum Gasteiger partial charge on any atom is 0.416 e. The Morgan fingerprint density at radius 3 is 2.31 bits per heavy atom. The molecule has 0 bridgehead atoms. The fourth-order valence-corrected chi connectivity index (χ4v) is 4.29. The second-order valence-electron chi connectivity index (χ2n) is 6.72. The first-order valence-corrected chi connectivity index (χ1v) is 10.2. The van der Waals surface area contributed by atoms with Crippen molar-refractivity contribution in [2.45, 2.75) is 23.5 Å². The first-order chi connectivity index (χ1) is 13.4. The van der Waals surface area contributed by atoms with Gasteiger partial charge >= 0.3 is 12.2 Å². The molecular weight excluding hydrogens is 409 g/mol. The Labute approximate surface area is 165 Å². The molecule has 1 fully saturated rings. The van der Waals surface area contributed by atoms with E-state index >= 15 is 0 Å². The van der Waals surface area contributed by atoms with Gasteiger partial charge in [-0.1, -0.05) is 30.3 Å². The molecule has 1 aliphatic rings. The molecule has 1 heterocycles. The van der Waals surface area contributed by atoms with Crippen molar-refractivity contribution in [3.05, 3.63) is 65.7 Å². The zero-order chi connectivity index (χ0) is 21.4. The predicted octanol–water partition coefficient (Wildman–Crippen LogP) is 2.95. The summed E-state index contributed by atoms with van der Waals surface area (Å²) < 4.78 is 63.8. The Balaban J connectivity index is 1.83. The highest BCUT2D eigenvalue weighted by atomic mass is 32.2. The van der Waals surface area contributed by atoms with Crippen molar-refractivity contribution < 1.29 is 31.2 Å². The molecule has 1 atom stereocenters. The van der Waals surface area contributed by atoms with E-state index in [1.54, 1.807) is 18.2 Å². The van der Waals surface area contributed by atoms with Gasteiger partial charge in [0.05, 0.1) is 16.2 Å². The van der Waals surface area contributed by atoms with Crippen LogP contribution in [0.5, 0.6) is 0 Å². The number of halogens is 3. The third kappa shape index (κ3) is 3.98. The summed E-state index contributed by atoms with van der Waals surface area (Å²) in [4.78, 5) is 25.9. The topological polar surface area (TPSA) is 83.6 Å². The fraction of sp³-hybridized carbons (Fsp3) is 0.263. The van der Waals surface area contributed by atoms with Gasteiger partial charge in [-0.25, -0.2) is 13.2 Å². The van der Waals surface area contributed by atoms with Crippen LogP contribution >= 0.6 is 0 Å². The van der Waals surface area contributed by atoms with Crippen molar-refractivity contribution >= 4 is 21.8 Å². The quantitative estimate of drug-likeness (QED) is 0.746. The average Bonchev–Trinajstić information content (AvgIpc) is 2.90. The van der Waals surface area contributed by atoms with Crippen molar-refractivity contribution in [3.8, 4) is 0 Å². The van der Waals surface area contributed by atoms with Crippen molar-refractivity contribution in [1.82, 2.24) is 10.2 Å². The Morgan fingerprint density at radius 2 is 1.69 bits per heavy atom. The van der Waals surface area contributed by atoms with Crippen LogP contribution in [-0.4, -0.2) is 37.6 Å². The molecule has 1 saturated heterocycles. The maximum atomic E-state index is 13.0. The fourth-order valence-electron chi connectivity index (χ4n) is 3.06. The van der Waals surface area contributed by atoms with E-state index in [1.165, 1.54) is 25.1 Å². The summed E-state index contributed by atoms with van der Waals surface area (Å²) in [6.45, 7) is 0.866. The number of benzene rings is 2. The Morgan fingerprint density at radius 1 is 1.03 bits per heavy atom. The number of alkyl halides is 3. The minimum Gasteiger partial charge on any atom is -0.319 e. The number of nitrogens with one attached hydrogen (secondary N) is 1. The number of amides is 3. The van der Waals surface area contributed by atoms with Crippen LogP contribution in [0.2, 0.25) is 0 Å². The summed E-state index contributed by atoms with van der Waals surface area (Å²) in [6, 6.07) is 10.8. The standard InChI is InChI=1S/C19H17F3N2O4S/c1-18(13-6-5-7-14(12-13)19(20,21)22)16(25)24(17(26)23-18)10-11-29(27,28)15-8-3-2-4-9-15/h2-9,12H,10-11H2,1H3,(H,23,26)/t18-/m0/s1. The summed E-state index contributed by atoms with van der Waals surface area (Å²) in [5.74, 6) is -1.32. The van der Waals surface area contributed by atoms with Gasteiger partial charge in [-0.3, -0.25) is 9.69 Å². The van der Waals surface area contributed by atoms with E-state index in [9.17, 15) is 31.2 Å². The van der Waals surface area contributed by atoms with Gasteiger partial charge in [-0.2, -0.15) is 13.2 Å². The predicted molar refractivity (Wildman–Crippen MR) is 97.5 cm³/mol. The van der Waals surface area contributed by atoms with E-state index in [0.29, 0.717) is 4.90 Å². The van der Waals surface area contributed by atoms with Gasteiger partial charge in [0.25, 0.3) is 5.91 Å². The van der Waals surface area contributed by atoms with Gasteiger partial charge in [0.1, 0.15) is 5.54 Å². The number of carbonyl (C=O) groups is 2. The lowest BCUT2D eigenvalue weighted by molar-refractivity contribution is -0.138.